The maximum absolute atomic E-state index is 10.3. The molecule has 0 spiro atoms. The fourth-order valence-electron chi connectivity index (χ4n) is 0.241. The molecule has 1 atom stereocenters. The fraction of sp³-hybridized carbons (Fsp3) is 0.500. The van der Waals surface area contributed by atoms with Crippen LogP contribution in [-0.4, -0.2) is 20.9 Å². The molecule has 0 aromatic heterocycles. The zero-order chi connectivity index (χ0) is 7.49. The van der Waals surface area contributed by atoms with Gasteiger partial charge in [-0.1, -0.05) is 6.58 Å². The standard InChI is InChI=1S/C4H9NO3S/c1-3-4(5)8-9(2,6)7/h3-4H,1,5H2,2H3. The first-order chi connectivity index (χ1) is 3.95. The summed E-state index contributed by atoms with van der Waals surface area (Å²) in [7, 11) is -3.43. The van der Waals surface area contributed by atoms with Crippen LogP contribution in [0.2, 0.25) is 0 Å². The molecule has 5 heteroatoms. The number of hydrogen-bond acceptors (Lipinski definition) is 4. The van der Waals surface area contributed by atoms with Crippen molar-refractivity contribution in [3.05, 3.63) is 12.7 Å². The third-order valence-corrected chi connectivity index (χ3v) is 1.09. The maximum atomic E-state index is 10.3. The molecule has 0 heterocycles. The fourth-order valence-corrected chi connectivity index (χ4v) is 0.723. The Morgan fingerprint density at radius 3 is 2.33 bits per heavy atom. The van der Waals surface area contributed by atoms with Gasteiger partial charge in [-0.2, -0.15) is 8.42 Å². The van der Waals surface area contributed by atoms with E-state index in [4.69, 9.17) is 5.73 Å². The van der Waals surface area contributed by atoms with Crippen molar-refractivity contribution in [3.8, 4) is 0 Å². The van der Waals surface area contributed by atoms with E-state index >= 15 is 0 Å². The SMILES string of the molecule is C=CC(N)OS(C)(=O)=O. The van der Waals surface area contributed by atoms with E-state index in [1.807, 2.05) is 0 Å². The van der Waals surface area contributed by atoms with Gasteiger partial charge in [0.05, 0.1) is 6.26 Å². The Morgan fingerprint density at radius 1 is 1.78 bits per heavy atom. The van der Waals surface area contributed by atoms with Crippen LogP contribution < -0.4 is 5.73 Å². The van der Waals surface area contributed by atoms with Crippen molar-refractivity contribution in [3.63, 3.8) is 0 Å². The third-order valence-electron chi connectivity index (χ3n) is 0.518. The molecule has 0 aliphatic heterocycles. The highest BCUT2D eigenvalue weighted by Crippen LogP contribution is 1.90. The molecule has 0 saturated heterocycles. The minimum Gasteiger partial charge on any atom is -0.302 e. The van der Waals surface area contributed by atoms with Crippen LogP contribution in [0.1, 0.15) is 0 Å². The number of hydrogen-bond donors (Lipinski definition) is 1. The summed E-state index contributed by atoms with van der Waals surface area (Å²) in [4.78, 5) is 0. The maximum Gasteiger partial charge on any atom is 0.266 e. The summed E-state index contributed by atoms with van der Waals surface area (Å²) in [5, 5.41) is 0. The molecular formula is C4H9NO3S. The quantitative estimate of drug-likeness (QED) is 0.333. The van der Waals surface area contributed by atoms with Crippen LogP contribution >= 0.6 is 0 Å². The molecule has 0 saturated carbocycles. The van der Waals surface area contributed by atoms with Crippen molar-refractivity contribution in [1.82, 2.24) is 0 Å². The molecule has 0 radical (unpaired) electrons. The summed E-state index contributed by atoms with van der Waals surface area (Å²) in [5.41, 5.74) is 5.04. The van der Waals surface area contributed by atoms with Crippen LogP contribution in [0.25, 0.3) is 0 Å². The largest absolute Gasteiger partial charge is 0.302 e. The van der Waals surface area contributed by atoms with Gasteiger partial charge in [-0.15, -0.1) is 0 Å². The van der Waals surface area contributed by atoms with Gasteiger partial charge in [-0.25, -0.2) is 4.18 Å². The molecule has 0 aliphatic carbocycles. The van der Waals surface area contributed by atoms with Crippen LogP contribution in [0.5, 0.6) is 0 Å². The molecular weight excluding hydrogens is 142 g/mol. The Labute approximate surface area is 54.4 Å². The molecule has 0 amide bonds. The molecule has 1 unspecified atom stereocenters. The second-order valence-corrected chi connectivity index (χ2v) is 3.10. The van der Waals surface area contributed by atoms with Crippen molar-refractivity contribution in [1.29, 1.82) is 0 Å². The van der Waals surface area contributed by atoms with Crippen molar-refractivity contribution in [2.45, 2.75) is 6.23 Å². The van der Waals surface area contributed by atoms with Gasteiger partial charge in [0.2, 0.25) is 0 Å². The molecule has 0 fully saturated rings. The van der Waals surface area contributed by atoms with E-state index in [9.17, 15) is 8.42 Å². The lowest BCUT2D eigenvalue weighted by atomic mass is 10.6. The van der Waals surface area contributed by atoms with Gasteiger partial charge in [-0.3, -0.25) is 0 Å². The molecule has 0 aliphatic rings. The molecule has 2 N–H and O–H groups in total. The summed E-state index contributed by atoms with van der Waals surface area (Å²) >= 11 is 0. The lowest BCUT2D eigenvalue weighted by molar-refractivity contribution is 0.267. The minimum atomic E-state index is -3.43. The molecule has 0 aromatic rings. The van der Waals surface area contributed by atoms with Crippen molar-refractivity contribution < 1.29 is 12.6 Å². The lowest BCUT2D eigenvalue weighted by Crippen LogP contribution is -2.23. The summed E-state index contributed by atoms with van der Waals surface area (Å²) in [6, 6.07) is 0. The van der Waals surface area contributed by atoms with E-state index in [2.05, 4.69) is 10.8 Å². The Morgan fingerprint density at radius 2 is 2.22 bits per heavy atom. The predicted octanol–water partition coefficient (Wildman–Crippen LogP) is -0.567. The smallest absolute Gasteiger partial charge is 0.266 e. The van der Waals surface area contributed by atoms with Gasteiger partial charge < -0.3 is 5.73 Å². The van der Waals surface area contributed by atoms with Gasteiger partial charge in [0.15, 0.2) is 0 Å². The highest BCUT2D eigenvalue weighted by Gasteiger charge is 2.05. The number of rotatable bonds is 3. The Kier molecular flexibility index (Phi) is 2.83. The molecule has 54 valence electrons. The topological polar surface area (TPSA) is 69.4 Å². The minimum absolute atomic E-state index is 0.927. The van der Waals surface area contributed by atoms with Crippen LogP contribution in [0.4, 0.5) is 0 Å². The molecule has 0 rings (SSSR count). The van der Waals surface area contributed by atoms with Crippen molar-refractivity contribution in [2.75, 3.05) is 6.26 Å². The average molecular weight is 151 g/mol. The highest BCUT2D eigenvalue weighted by atomic mass is 32.2. The highest BCUT2D eigenvalue weighted by molar-refractivity contribution is 7.86. The van der Waals surface area contributed by atoms with E-state index in [1.165, 1.54) is 6.08 Å². The number of nitrogens with two attached hydrogens (primary N) is 1. The van der Waals surface area contributed by atoms with Gasteiger partial charge in [0.1, 0.15) is 6.23 Å². The van der Waals surface area contributed by atoms with E-state index in [0.717, 1.165) is 6.26 Å². The summed E-state index contributed by atoms with van der Waals surface area (Å²) in [6.45, 7) is 3.23. The third kappa shape index (κ3) is 5.48. The van der Waals surface area contributed by atoms with E-state index in [0.29, 0.717) is 0 Å². The Bertz CT molecular complexity index is 184. The van der Waals surface area contributed by atoms with Gasteiger partial charge in [0, 0.05) is 0 Å². The molecule has 9 heavy (non-hydrogen) atoms. The first-order valence-electron chi connectivity index (χ1n) is 2.22. The zero-order valence-corrected chi connectivity index (χ0v) is 5.89. The predicted molar refractivity (Wildman–Crippen MR) is 34.1 cm³/mol. The second kappa shape index (κ2) is 2.95. The van der Waals surface area contributed by atoms with Crippen LogP contribution in [-0.2, 0) is 14.3 Å². The summed E-state index contributed by atoms with van der Waals surface area (Å²) in [5.74, 6) is 0. The molecule has 4 nitrogen and oxygen atoms in total. The van der Waals surface area contributed by atoms with Gasteiger partial charge in [0.25, 0.3) is 10.1 Å². The van der Waals surface area contributed by atoms with E-state index in [-0.39, 0.29) is 0 Å². The summed E-state index contributed by atoms with van der Waals surface area (Å²) in [6.07, 6.45) is 1.19. The lowest BCUT2D eigenvalue weighted by Gasteiger charge is -2.03. The Balaban J connectivity index is 3.89. The van der Waals surface area contributed by atoms with Gasteiger partial charge >= 0.3 is 0 Å². The van der Waals surface area contributed by atoms with Crippen LogP contribution in [0, 0.1) is 0 Å². The van der Waals surface area contributed by atoms with Gasteiger partial charge in [-0.05, 0) is 6.08 Å². The van der Waals surface area contributed by atoms with E-state index < -0.39 is 16.3 Å². The van der Waals surface area contributed by atoms with Crippen molar-refractivity contribution in [2.24, 2.45) is 5.73 Å². The monoisotopic (exact) mass is 151 g/mol. The molecule has 0 bridgehead atoms. The first kappa shape index (κ1) is 8.61. The van der Waals surface area contributed by atoms with Crippen LogP contribution in [0.3, 0.4) is 0 Å². The summed E-state index contributed by atoms with van der Waals surface area (Å²) < 4.78 is 24.7. The second-order valence-electron chi connectivity index (χ2n) is 1.50. The van der Waals surface area contributed by atoms with Crippen molar-refractivity contribution >= 4 is 10.1 Å². The Hall–Kier alpha value is -0.390. The normalized spacial score (nSPS) is 14.9. The first-order valence-corrected chi connectivity index (χ1v) is 4.04. The zero-order valence-electron chi connectivity index (χ0n) is 5.07. The van der Waals surface area contributed by atoms with Crippen LogP contribution in [0.15, 0.2) is 12.7 Å². The molecule has 0 aromatic carbocycles. The average Bonchev–Trinajstić information content (AvgIpc) is 1.62. The van der Waals surface area contributed by atoms with E-state index in [1.54, 1.807) is 0 Å².